The molecule has 0 saturated heterocycles. The lowest BCUT2D eigenvalue weighted by Crippen LogP contribution is -2.27. The third kappa shape index (κ3) is 4.47. The van der Waals surface area contributed by atoms with Gasteiger partial charge in [-0.15, -0.1) is 0 Å². The van der Waals surface area contributed by atoms with Crippen LogP contribution < -0.4 is 16.0 Å². The molecule has 3 rings (SSSR count). The molecule has 1 amide bonds. The van der Waals surface area contributed by atoms with E-state index in [0.29, 0.717) is 16.9 Å². The molecular formula is C20H13F3N4O3. The van der Waals surface area contributed by atoms with E-state index in [-0.39, 0.29) is 12.2 Å². The second-order valence-electron chi connectivity index (χ2n) is 6.17. The van der Waals surface area contributed by atoms with Crippen LogP contribution in [0.3, 0.4) is 0 Å². The fourth-order valence-electron chi connectivity index (χ4n) is 2.69. The molecule has 7 nitrogen and oxygen atoms in total. The van der Waals surface area contributed by atoms with Crippen LogP contribution in [-0.2, 0) is 12.8 Å². The lowest BCUT2D eigenvalue weighted by Gasteiger charge is -2.14. The van der Waals surface area contributed by atoms with Crippen molar-refractivity contribution in [3.05, 3.63) is 81.5 Å². The van der Waals surface area contributed by atoms with Crippen LogP contribution in [0.2, 0.25) is 0 Å². The number of aromatic nitrogens is 2. The van der Waals surface area contributed by atoms with Crippen LogP contribution in [0.15, 0.2) is 53.6 Å². The van der Waals surface area contributed by atoms with Gasteiger partial charge in [-0.3, -0.25) is 14.6 Å². The summed E-state index contributed by atoms with van der Waals surface area (Å²) in [4.78, 5) is 28.7. The summed E-state index contributed by atoms with van der Waals surface area (Å²) < 4.78 is 45.6. The number of nitrogens with one attached hydrogen (secondary N) is 1. The third-order valence-electron chi connectivity index (χ3n) is 4.08. The van der Waals surface area contributed by atoms with Gasteiger partial charge in [0.2, 0.25) is 0 Å². The molecule has 2 aromatic heterocycles. The highest BCUT2D eigenvalue weighted by molar-refractivity contribution is 5.94. The molecule has 0 fully saturated rings. The van der Waals surface area contributed by atoms with Crippen molar-refractivity contribution in [2.24, 2.45) is 5.73 Å². The molecular weight excluding hydrogens is 401 g/mol. The van der Waals surface area contributed by atoms with Gasteiger partial charge in [0.15, 0.2) is 0 Å². The van der Waals surface area contributed by atoms with E-state index in [1.165, 1.54) is 36.7 Å². The van der Waals surface area contributed by atoms with Gasteiger partial charge in [-0.25, -0.2) is 0 Å². The predicted octanol–water partition coefficient (Wildman–Crippen LogP) is 3.01. The number of primary amides is 1. The molecule has 3 aromatic rings. The van der Waals surface area contributed by atoms with Crippen molar-refractivity contribution in [1.82, 2.24) is 9.97 Å². The first-order valence-electron chi connectivity index (χ1n) is 8.40. The molecule has 0 aliphatic heterocycles. The Labute approximate surface area is 167 Å². The number of hydrogen-bond donors (Lipinski definition) is 2. The molecule has 0 bridgehead atoms. The monoisotopic (exact) mass is 414 g/mol. The maximum Gasteiger partial charge on any atom is 0.431 e. The van der Waals surface area contributed by atoms with Crippen molar-refractivity contribution in [3.63, 3.8) is 0 Å². The Morgan fingerprint density at radius 2 is 1.90 bits per heavy atom. The zero-order chi connectivity index (χ0) is 21.9. The highest BCUT2D eigenvalue weighted by Crippen LogP contribution is 2.35. The number of rotatable bonds is 5. The van der Waals surface area contributed by atoms with E-state index in [2.05, 4.69) is 4.98 Å². The highest BCUT2D eigenvalue weighted by Gasteiger charge is 2.36. The molecule has 0 aliphatic carbocycles. The van der Waals surface area contributed by atoms with Gasteiger partial charge in [0.1, 0.15) is 29.7 Å². The first-order valence-corrected chi connectivity index (χ1v) is 8.40. The number of carbonyl (C=O) groups excluding carboxylic acids is 1. The number of pyridine rings is 2. The Morgan fingerprint density at radius 3 is 2.50 bits per heavy atom. The summed E-state index contributed by atoms with van der Waals surface area (Å²) in [5.41, 5.74) is 2.71. The minimum atomic E-state index is -4.85. The number of H-pyrrole nitrogens is 1. The van der Waals surface area contributed by atoms with Crippen LogP contribution in [0.4, 0.5) is 13.2 Å². The van der Waals surface area contributed by atoms with Gasteiger partial charge >= 0.3 is 6.18 Å². The Balaban J connectivity index is 1.90. The summed E-state index contributed by atoms with van der Waals surface area (Å²) in [6, 6.07) is 9.96. The van der Waals surface area contributed by atoms with Gasteiger partial charge in [-0.2, -0.15) is 18.4 Å². The lowest BCUT2D eigenvalue weighted by molar-refractivity contribution is -0.140. The number of nitrogens with two attached hydrogens (primary N) is 1. The second-order valence-corrected chi connectivity index (χ2v) is 6.17. The van der Waals surface area contributed by atoms with Crippen molar-refractivity contribution < 1.29 is 22.7 Å². The van der Waals surface area contributed by atoms with Crippen molar-refractivity contribution in [1.29, 1.82) is 5.26 Å². The van der Waals surface area contributed by atoms with Gasteiger partial charge < -0.3 is 15.5 Å². The van der Waals surface area contributed by atoms with Crippen LogP contribution in [0.25, 0.3) is 11.1 Å². The molecule has 1 aromatic carbocycles. The van der Waals surface area contributed by atoms with E-state index in [1.807, 2.05) is 6.07 Å². The van der Waals surface area contributed by atoms with Gasteiger partial charge in [0, 0.05) is 23.5 Å². The average Bonchev–Trinajstić information content (AvgIpc) is 2.72. The number of carbonyl (C=O) groups is 1. The van der Waals surface area contributed by atoms with E-state index in [4.69, 9.17) is 15.7 Å². The Hall–Kier alpha value is -4.13. The molecule has 0 aliphatic rings. The first kappa shape index (κ1) is 20.6. The summed E-state index contributed by atoms with van der Waals surface area (Å²) >= 11 is 0. The van der Waals surface area contributed by atoms with Crippen molar-refractivity contribution >= 4 is 5.91 Å². The third-order valence-corrected chi connectivity index (χ3v) is 4.08. The van der Waals surface area contributed by atoms with E-state index in [0.717, 1.165) is 6.07 Å². The van der Waals surface area contributed by atoms with Gasteiger partial charge in [-0.05, 0) is 29.8 Å². The van der Waals surface area contributed by atoms with E-state index in [9.17, 15) is 22.8 Å². The summed E-state index contributed by atoms with van der Waals surface area (Å²) in [5, 5.41) is 8.87. The average molecular weight is 414 g/mol. The molecule has 152 valence electrons. The molecule has 30 heavy (non-hydrogen) atoms. The van der Waals surface area contributed by atoms with Crippen molar-refractivity contribution in [2.75, 3.05) is 0 Å². The number of ether oxygens (including phenoxy) is 1. The number of benzene rings is 1. The smallest absolute Gasteiger partial charge is 0.431 e. The van der Waals surface area contributed by atoms with Crippen LogP contribution in [0, 0.1) is 11.3 Å². The molecule has 0 radical (unpaired) electrons. The van der Waals surface area contributed by atoms with Crippen molar-refractivity contribution in [2.45, 2.75) is 12.8 Å². The SMILES string of the molecule is N#Cc1cncc(COc2ccc(-c3cc(C(N)=O)c(=O)[nH]c3C(F)(F)F)cc2)c1. The topological polar surface area (TPSA) is 122 Å². The molecule has 2 heterocycles. The molecule has 0 unspecified atom stereocenters. The van der Waals surface area contributed by atoms with Gasteiger partial charge in [0.05, 0.1) is 5.56 Å². The van der Waals surface area contributed by atoms with Crippen LogP contribution in [-0.4, -0.2) is 15.9 Å². The maximum absolute atomic E-state index is 13.4. The second kappa shape index (κ2) is 8.08. The summed E-state index contributed by atoms with van der Waals surface area (Å²) in [6.45, 7) is 0.0974. The van der Waals surface area contributed by atoms with Crippen molar-refractivity contribution in [3.8, 4) is 22.9 Å². The Morgan fingerprint density at radius 1 is 1.20 bits per heavy atom. The minimum Gasteiger partial charge on any atom is -0.489 e. The zero-order valence-corrected chi connectivity index (χ0v) is 15.2. The summed E-state index contributed by atoms with van der Waals surface area (Å²) in [7, 11) is 0. The van der Waals surface area contributed by atoms with Gasteiger partial charge in [0.25, 0.3) is 11.5 Å². The molecule has 0 atom stereocenters. The van der Waals surface area contributed by atoms with E-state index >= 15 is 0 Å². The molecule has 10 heteroatoms. The van der Waals surface area contributed by atoms with Gasteiger partial charge in [-0.1, -0.05) is 12.1 Å². The van der Waals surface area contributed by atoms with Crippen LogP contribution in [0.5, 0.6) is 5.75 Å². The summed E-state index contributed by atoms with van der Waals surface area (Å²) in [5.74, 6) is -0.784. The maximum atomic E-state index is 13.4. The quantitative estimate of drug-likeness (QED) is 0.665. The molecule has 3 N–H and O–H groups in total. The number of aromatic amines is 1. The zero-order valence-electron chi connectivity index (χ0n) is 15.2. The predicted molar refractivity (Wildman–Crippen MR) is 99.3 cm³/mol. The fraction of sp³-hybridized carbons (Fsp3) is 0.100. The summed E-state index contributed by atoms with van der Waals surface area (Å²) in [6.07, 6.45) is -1.92. The number of hydrogen-bond acceptors (Lipinski definition) is 5. The number of amides is 1. The van der Waals surface area contributed by atoms with Crippen LogP contribution in [0.1, 0.15) is 27.2 Å². The fourth-order valence-corrected chi connectivity index (χ4v) is 2.69. The largest absolute Gasteiger partial charge is 0.489 e. The number of nitriles is 1. The number of nitrogens with zero attached hydrogens (tertiary/aromatic N) is 2. The lowest BCUT2D eigenvalue weighted by atomic mass is 10.0. The van der Waals surface area contributed by atoms with Crippen LogP contribution >= 0.6 is 0 Å². The minimum absolute atomic E-state index is 0.0974. The standard InChI is InChI=1S/C20H13F3N4O3/c21-20(22,23)17-15(6-16(18(25)28)19(29)27-17)13-1-3-14(4-2-13)30-10-12-5-11(7-24)8-26-9-12/h1-6,8-9H,10H2,(H2,25,28)(H,27,29). The molecule has 0 spiro atoms. The highest BCUT2D eigenvalue weighted by atomic mass is 19.4. The number of halogens is 3. The Bertz CT molecular complexity index is 1200. The first-order chi connectivity index (χ1) is 14.2. The normalized spacial score (nSPS) is 11.0. The molecule has 0 saturated carbocycles. The van der Waals surface area contributed by atoms with E-state index < -0.39 is 34.5 Å². The Kier molecular flexibility index (Phi) is 5.55. The van der Waals surface area contributed by atoms with E-state index in [1.54, 1.807) is 11.1 Å². The number of alkyl halides is 3.